The fourth-order valence-electron chi connectivity index (χ4n) is 1.87. The maximum absolute atomic E-state index is 10.4. The molecule has 0 N–H and O–H groups in total. The number of rotatable bonds is 2. The number of isocyanates is 1. The van der Waals surface area contributed by atoms with Gasteiger partial charge in [-0.3, -0.25) is 0 Å². The molecule has 16 heavy (non-hydrogen) atoms. The zero-order valence-corrected chi connectivity index (χ0v) is 9.82. The normalized spacial score (nSPS) is 10.8. The molecule has 82 valence electrons. The van der Waals surface area contributed by atoms with Gasteiger partial charge in [0.05, 0.1) is 5.52 Å². The van der Waals surface area contributed by atoms with Crippen molar-refractivity contribution < 1.29 is 4.79 Å². The standard InChI is InChI=1S/C12H11ClN2O/c1-8(2)15-11-4-3-10(13)5-9(11)6-12(15)14-7-16/h3-6,8H,1-2H3. The Balaban J connectivity index is 2.80. The smallest absolute Gasteiger partial charge is 0.242 e. The molecule has 0 unspecified atom stereocenters. The summed E-state index contributed by atoms with van der Waals surface area (Å²) in [6.45, 7) is 4.08. The van der Waals surface area contributed by atoms with Crippen molar-refractivity contribution in [1.82, 2.24) is 4.57 Å². The van der Waals surface area contributed by atoms with Crippen LogP contribution in [-0.4, -0.2) is 10.6 Å². The van der Waals surface area contributed by atoms with Gasteiger partial charge in [0.15, 0.2) is 0 Å². The molecule has 0 aliphatic carbocycles. The Labute approximate surface area is 98.4 Å². The summed E-state index contributed by atoms with van der Waals surface area (Å²) in [5, 5.41) is 1.66. The van der Waals surface area contributed by atoms with E-state index in [1.54, 1.807) is 6.08 Å². The van der Waals surface area contributed by atoms with E-state index < -0.39 is 0 Å². The summed E-state index contributed by atoms with van der Waals surface area (Å²) in [7, 11) is 0. The van der Waals surface area contributed by atoms with E-state index in [0.717, 1.165) is 10.9 Å². The van der Waals surface area contributed by atoms with Crippen LogP contribution < -0.4 is 0 Å². The predicted molar refractivity (Wildman–Crippen MR) is 65.1 cm³/mol. The van der Waals surface area contributed by atoms with E-state index in [9.17, 15) is 4.79 Å². The van der Waals surface area contributed by atoms with Crippen LogP contribution in [0.15, 0.2) is 29.3 Å². The van der Waals surface area contributed by atoms with E-state index in [1.165, 1.54) is 0 Å². The third kappa shape index (κ3) is 1.75. The summed E-state index contributed by atoms with van der Waals surface area (Å²) >= 11 is 5.92. The molecule has 0 saturated heterocycles. The number of nitrogens with zero attached hydrogens (tertiary/aromatic N) is 2. The third-order valence-electron chi connectivity index (χ3n) is 2.46. The van der Waals surface area contributed by atoms with Gasteiger partial charge in [-0.1, -0.05) is 11.6 Å². The van der Waals surface area contributed by atoms with Gasteiger partial charge >= 0.3 is 0 Å². The highest BCUT2D eigenvalue weighted by Crippen LogP contribution is 2.30. The van der Waals surface area contributed by atoms with Crippen molar-refractivity contribution in [3.05, 3.63) is 29.3 Å². The van der Waals surface area contributed by atoms with Crippen LogP contribution in [-0.2, 0) is 4.79 Å². The lowest BCUT2D eigenvalue weighted by atomic mass is 10.2. The van der Waals surface area contributed by atoms with Gasteiger partial charge in [0.2, 0.25) is 6.08 Å². The first-order chi connectivity index (χ1) is 7.63. The van der Waals surface area contributed by atoms with Gasteiger partial charge in [-0.2, -0.15) is 0 Å². The van der Waals surface area contributed by atoms with Crippen LogP contribution in [0.25, 0.3) is 10.9 Å². The zero-order chi connectivity index (χ0) is 11.7. The summed E-state index contributed by atoms with van der Waals surface area (Å²) in [5.74, 6) is 0.613. The Kier molecular flexibility index (Phi) is 2.82. The lowest BCUT2D eigenvalue weighted by Gasteiger charge is -2.11. The van der Waals surface area contributed by atoms with Crippen molar-refractivity contribution in [2.24, 2.45) is 4.99 Å². The number of halogens is 1. The van der Waals surface area contributed by atoms with Crippen LogP contribution >= 0.6 is 11.6 Å². The van der Waals surface area contributed by atoms with Crippen molar-refractivity contribution >= 4 is 34.4 Å². The largest absolute Gasteiger partial charge is 0.323 e. The third-order valence-corrected chi connectivity index (χ3v) is 2.69. The molecule has 0 amide bonds. The van der Waals surface area contributed by atoms with Crippen molar-refractivity contribution in [3.8, 4) is 0 Å². The molecule has 0 aliphatic rings. The number of carbonyl (C=O) groups excluding carboxylic acids is 1. The summed E-state index contributed by atoms with van der Waals surface area (Å²) < 4.78 is 1.98. The van der Waals surface area contributed by atoms with Crippen molar-refractivity contribution in [3.63, 3.8) is 0 Å². The van der Waals surface area contributed by atoms with Crippen LogP contribution in [0.2, 0.25) is 5.02 Å². The van der Waals surface area contributed by atoms with Crippen molar-refractivity contribution in [2.45, 2.75) is 19.9 Å². The molecule has 2 aromatic rings. The molecule has 0 fully saturated rings. The van der Waals surface area contributed by atoms with E-state index in [2.05, 4.69) is 4.99 Å². The first-order valence-corrected chi connectivity index (χ1v) is 5.39. The fourth-order valence-corrected chi connectivity index (χ4v) is 2.05. The molecule has 0 saturated carbocycles. The average Bonchev–Trinajstić information content (AvgIpc) is 2.55. The molecule has 1 aromatic heterocycles. The maximum atomic E-state index is 10.4. The van der Waals surface area contributed by atoms with Crippen molar-refractivity contribution in [2.75, 3.05) is 0 Å². The minimum Gasteiger partial charge on any atom is -0.323 e. The predicted octanol–water partition coefficient (Wildman–Crippen LogP) is 3.84. The molecule has 0 bridgehead atoms. The number of hydrogen-bond donors (Lipinski definition) is 0. The number of hydrogen-bond acceptors (Lipinski definition) is 2. The van der Waals surface area contributed by atoms with Crippen LogP contribution in [0.4, 0.5) is 5.82 Å². The quantitative estimate of drug-likeness (QED) is 0.574. The zero-order valence-electron chi connectivity index (χ0n) is 9.07. The molecule has 0 atom stereocenters. The molecular formula is C12H11ClN2O. The Morgan fingerprint density at radius 2 is 2.12 bits per heavy atom. The SMILES string of the molecule is CC(C)n1c(N=C=O)cc2cc(Cl)ccc21. The van der Waals surface area contributed by atoms with Crippen LogP contribution in [0, 0.1) is 0 Å². The molecular weight excluding hydrogens is 224 g/mol. The van der Waals surface area contributed by atoms with Crippen molar-refractivity contribution in [1.29, 1.82) is 0 Å². The van der Waals surface area contributed by atoms with Gasteiger partial charge in [0.1, 0.15) is 5.82 Å². The average molecular weight is 235 g/mol. The number of benzene rings is 1. The number of aromatic nitrogens is 1. The van der Waals surface area contributed by atoms with Crippen LogP contribution in [0.3, 0.4) is 0 Å². The molecule has 4 heteroatoms. The highest BCUT2D eigenvalue weighted by atomic mass is 35.5. The Bertz CT molecular complexity index is 580. The minimum atomic E-state index is 0.228. The van der Waals surface area contributed by atoms with Gasteiger partial charge in [-0.25, -0.2) is 4.79 Å². The van der Waals surface area contributed by atoms with Crippen LogP contribution in [0.1, 0.15) is 19.9 Å². The first kappa shape index (κ1) is 10.9. The molecule has 1 aromatic carbocycles. The van der Waals surface area contributed by atoms with E-state index in [-0.39, 0.29) is 6.04 Å². The van der Waals surface area contributed by atoms with Gasteiger partial charge in [0, 0.05) is 16.5 Å². The van der Waals surface area contributed by atoms with E-state index in [0.29, 0.717) is 10.8 Å². The highest BCUT2D eigenvalue weighted by molar-refractivity contribution is 6.31. The summed E-state index contributed by atoms with van der Waals surface area (Å²) in [4.78, 5) is 14.1. The van der Waals surface area contributed by atoms with Gasteiger partial charge < -0.3 is 4.57 Å². The van der Waals surface area contributed by atoms with Gasteiger partial charge in [-0.05, 0) is 38.1 Å². The summed E-state index contributed by atoms with van der Waals surface area (Å²) in [5.41, 5.74) is 1.02. The molecule has 2 rings (SSSR count). The molecule has 0 aliphatic heterocycles. The maximum Gasteiger partial charge on any atom is 0.242 e. The lowest BCUT2D eigenvalue weighted by Crippen LogP contribution is -1.99. The van der Waals surface area contributed by atoms with Gasteiger partial charge in [-0.15, -0.1) is 4.99 Å². The van der Waals surface area contributed by atoms with E-state index >= 15 is 0 Å². The topological polar surface area (TPSA) is 34.4 Å². The summed E-state index contributed by atoms with van der Waals surface area (Å²) in [6.07, 6.45) is 1.58. The minimum absolute atomic E-state index is 0.228. The molecule has 3 nitrogen and oxygen atoms in total. The van der Waals surface area contributed by atoms with E-state index in [1.807, 2.05) is 42.7 Å². The molecule has 1 heterocycles. The fraction of sp³-hybridized carbons (Fsp3) is 0.250. The number of fused-ring (bicyclic) bond motifs is 1. The Hall–Kier alpha value is -1.57. The second-order valence-electron chi connectivity index (χ2n) is 3.87. The van der Waals surface area contributed by atoms with Gasteiger partial charge in [0.25, 0.3) is 0 Å². The molecule has 0 radical (unpaired) electrons. The monoisotopic (exact) mass is 234 g/mol. The highest BCUT2D eigenvalue weighted by Gasteiger charge is 2.10. The first-order valence-electron chi connectivity index (χ1n) is 5.02. The Morgan fingerprint density at radius 1 is 1.38 bits per heavy atom. The summed E-state index contributed by atoms with van der Waals surface area (Å²) in [6, 6.07) is 7.69. The van der Waals surface area contributed by atoms with E-state index in [4.69, 9.17) is 11.6 Å². The lowest BCUT2D eigenvalue weighted by molar-refractivity contribution is 0.564. The second-order valence-corrected chi connectivity index (χ2v) is 4.31. The molecule has 0 spiro atoms. The second kappa shape index (κ2) is 4.12. The Morgan fingerprint density at radius 3 is 2.75 bits per heavy atom. The van der Waals surface area contributed by atoms with Crippen LogP contribution in [0.5, 0.6) is 0 Å². The number of aliphatic imine (C=N–C) groups is 1.